The van der Waals surface area contributed by atoms with E-state index in [0.29, 0.717) is 18.5 Å². The summed E-state index contributed by atoms with van der Waals surface area (Å²) in [4.78, 5) is 35.3. The number of carbonyl (C=O) groups is 3. The van der Waals surface area contributed by atoms with Gasteiger partial charge in [0.1, 0.15) is 6.04 Å². The number of hydrogen-bond donors (Lipinski definition) is 3. The van der Waals surface area contributed by atoms with Gasteiger partial charge in [-0.05, 0) is 38.8 Å². The lowest BCUT2D eigenvalue weighted by atomic mass is 9.94. The molecule has 3 N–H and O–H groups in total. The van der Waals surface area contributed by atoms with Crippen LogP contribution in [0.3, 0.4) is 0 Å². The standard InChI is InChI=1S/C17H23N3O3/c1-12(16(23)19-13-6-4-3-5-7-13)18-14(21)8-10-17(2)11-9-15(22)20-17/h3-7,12H,8-11H2,1-2H3,(H,18,21)(H,19,23)(H,20,22)/t12-,17+/m0/s1. The SMILES string of the molecule is C[C@H](NC(=O)CC[C@]1(C)CCC(=O)N1)C(=O)Nc1ccccc1. The second-order valence-electron chi connectivity index (χ2n) is 6.25. The zero-order valence-corrected chi connectivity index (χ0v) is 13.5. The summed E-state index contributed by atoms with van der Waals surface area (Å²) >= 11 is 0. The number of anilines is 1. The lowest BCUT2D eigenvalue weighted by Gasteiger charge is -2.23. The van der Waals surface area contributed by atoms with Gasteiger partial charge in [0.15, 0.2) is 0 Å². The third-order valence-corrected chi connectivity index (χ3v) is 4.06. The van der Waals surface area contributed by atoms with Crippen molar-refractivity contribution in [3.63, 3.8) is 0 Å². The molecule has 1 fully saturated rings. The molecule has 2 rings (SSSR count). The monoisotopic (exact) mass is 317 g/mol. The number of rotatable bonds is 6. The van der Waals surface area contributed by atoms with Crippen molar-refractivity contribution in [2.24, 2.45) is 0 Å². The molecule has 23 heavy (non-hydrogen) atoms. The minimum Gasteiger partial charge on any atom is -0.351 e. The highest BCUT2D eigenvalue weighted by Gasteiger charge is 2.33. The number of nitrogens with one attached hydrogen (secondary N) is 3. The van der Waals surface area contributed by atoms with Gasteiger partial charge >= 0.3 is 0 Å². The summed E-state index contributed by atoms with van der Waals surface area (Å²) < 4.78 is 0. The lowest BCUT2D eigenvalue weighted by molar-refractivity contribution is -0.126. The number of para-hydroxylation sites is 1. The average molecular weight is 317 g/mol. The van der Waals surface area contributed by atoms with Gasteiger partial charge in [-0.15, -0.1) is 0 Å². The fourth-order valence-corrected chi connectivity index (χ4v) is 2.58. The van der Waals surface area contributed by atoms with E-state index >= 15 is 0 Å². The molecule has 0 spiro atoms. The average Bonchev–Trinajstić information content (AvgIpc) is 2.86. The lowest BCUT2D eigenvalue weighted by Crippen LogP contribution is -2.43. The first kappa shape index (κ1) is 17.0. The summed E-state index contributed by atoms with van der Waals surface area (Å²) in [6.07, 6.45) is 2.09. The van der Waals surface area contributed by atoms with Crippen LogP contribution < -0.4 is 16.0 Å². The van der Waals surface area contributed by atoms with Crippen molar-refractivity contribution in [3.8, 4) is 0 Å². The van der Waals surface area contributed by atoms with E-state index in [-0.39, 0.29) is 29.7 Å². The van der Waals surface area contributed by atoms with Crippen molar-refractivity contribution in [3.05, 3.63) is 30.3 Å². The molecule has 0 saturated carbocycles. The van der Waals surface area contributed by atoms with Crippen LogP contribution in [0.1, 0.15) is 39.5 Å². The van der Waals surface area contributed by atoms with Crippen LogP contribution in [0.2, 0.25) is 0 Å². The summed E-state index contributed by atoms with van der Waals surface area (Å²) in [7, 11) is 0. The van der Waals surface area contributed by atoms with E-state index in [9.17, 15) is 14.4 Å². The van der Waals surface area contributed by atoms with Gasteiger partial charge in [-0.2, -0.15) is 0 Å². The molecular formula is C17H23N3O3. The van der Waals surface area contributed by atoms with Crippen molar-refractivity contribution < 1.29 is 14.4 Å². The quantitative estimate of drug-likeness (QED) is 0.744. The molecular weight excluding hydrogens is 294 g/mol. The molecule has 0 bridgehead atoms. The predicted octanol–water partition coefficient (Wildman–Crippen LogP) is 1.58. The van der Waals surface area contributed by atoms with Crippen molar-refractivity contribution in [2.75, 3.05) is 5.32 Å². The number of carbonyl (C=O) groups excluding carboxylic acids is 3. The van der Waals surface area contributed by atoms with Crippen LogP contribution in [-0.2, 0) is 14.4 Å². The molecule has 0 unspecified atom stereocenters. The highest BCUT2D eigenvalue weighted by atomic mass is 16.2. The van der Waals surface area contributed by atoms with Crippen molar-refractivity contribution in [2.45, 2.75) is 51.1 Å². The largest absolute Gasteiger partial charge is 0.351 e. The number of hydrogen-bond acceptors (Lipinski definition) is 3. The van der Waals surface area contributed by atoms with Gasteiger partial charge in [-0.1, -0.05) is 18.2 Å². The van der Waals surface area contributed by atoms with E-state index in [1.54, 1.807) is 19.1 Å². The fraction of sp³-hybridized carbons (Fsp3) is 0.471. The Labute approximate surface area is 136 Å². The summed E-state index contributed by atoms with van der Waals surface area (Å²) in [6, 6.07) is 8.48. The molecule has 124 valence electrons. The minimum atomic E-state index is -0.617. The second kappa shape index (κ2) is 7.26. The zero-order chi connectivity index (χ0) is 16.9. The van der Waals surface area contributed by atoms with E-state index in [1.807, 2.05) is 25.1 Å². The summed E-state index contributed by atoms with van der Waals surface area (Å²) in [5, 5.41) is 8.33. The van der Waals surface area contributed by atoms with Crippen LogP contribution >= 0.6 is 0 Å². The van der Waals surface area contributed by atoms with Crippen LogP contribution in [0.4, 0.5) is 5.69 Å². The molecule has 1 aromatic rings. The minimum absolute atomic E-state index is 0.0310. The fourth-order valence-electron chi connectivity index (χ4n) is 2.58. The van der Waals surface area contributed by atoms with Gasteiger partial charge in [0, 0.05) is 24.1 Å². The van der Waals surface area contributed by atoms with Gasteiger partial charge in [0.2, 0.25) is 17.7 Å². The van der Waals surface area contributed by atoms with E-state index in [4.69, 9.17) is 0 Å². The Morgan fingerprint density at radius 1 is 1.30 bits per heavy atom. The molecule has 2 atom stereocenters. The van der Waals surface area contributed by atoms with E-state index in [1.165, 1.54) is 0 Å². The Morgan fingerprint density at radius 3 is 2.61 bits per heavy atom. The summed E-state index contributed by atoms with van der Waals surface area (Å²) in [5.74, 6) is -0.420. The Hall–Kier alpha value is -2.37. The Bertz CT molecular complexity index is 588. The van der Waals surface area contributed by atoms with E-state index in [0.717, 1.165) is 6.42 Å². The van der Waals surface area contributed by atoms with Crippen molar-refractivity contribution in [1.82, 2.24) is 10.6 Å². The summed E-state index contributed by atoms with van der Waals surface area (Å²) in [5.41, 5.74) is 0.379. The topological polar surface area (TPSA) is 87.3 Å². The van der Waals surface area contributed by atoms with E-state index < -0.39 is 6.04 Å². The molecule has 1 saturated heterocycles. The van der Waals surface area contributed by atoms with E-state index in [2.05, 4.69) is 16.0 Å². The number of amides is 3. The van der Waals surface area contributed by atoms with Crippen molar-refractivity contribution in [1.29, 1.82) is 0 Å². The molecule has 1 aliphatic heterocycles. The maximum atomic E-state index is 12.0. The van der Waals surface area contributed by atoms with Crippen LogP contribution in [-0.4, -0.2) is 29.3 Å². The predicted molar refractivity (Wildman–Crippen MR) is 87.7 cm³/mol. The van der Waals surface area contributed by atoms with Gasteiger partial charge in [0.05, 0.1) is 0 Å². The molecule has 1 heterocycles. The second-order valence-corrected chi connectivity index (χ2v) is 6.25. The van der Waals surface area contributed by atoms with Crippen LogP contribution in [0.25, 0.3) is 0 Å². The molecule has 1 aliphatic rings. The Kier molecular flexibility index (Phi) is 5.36. The number of benzene rings is 1. The highest BCUT2D eigenvalue weighted by molar-refractivity contribution is 5.96. The maximum absolute atomic E-state index is 12.0. The third-order valence-electron chi connectivity index (χ3n) is 4.06. The molecule has 0 aliphatic carbocycles. The first-order valence-corrected chi connectivity index (χ1v) is 7.84. The zero-order valence-electron chi connectivity index (χ0n) is 13.5. The molecule has 0 aromatic heterocycles. The Morgan fingerprint density at radius 2 is 2.00 bits per heavy atom. The van der Waals surface area contributed by atoms with Crippen LogP contribution in [0, 0.1) is 0 Å². The normalized spacial score (nSPS) is 21.4. The van der Waals surface area contributed by atoms with Gasteiger partial charge in [-0.3, -0.25) is 14.4 Å². The molecule has 6 heteroatoms. The molecule has 3 amide bonds. The molecule has 1 aromatic carbocycles. The van der Waals surface area contributed by atoms with Gasteiger partial charge in [0.25, 0.3) is 0 Å². The Balaban J connectivity index is 1.76. The molecule has 0 radical (unpaired) electrons. The summed E-state index contributed by atoms with van der Waals surface area (Å²) in [6.45, 7) is 3.59. The maximum Gasteiger partial charge on any atom is 0.246 e. The van der Waals surface area contributed by atoms with Crippen molar-refractivity contribution >= 4 is 23.4 Å². The van der Waals surface area contributed by atoms with Crippen LogP contribution in [0.15, 0.2) is 30.3 Å². The van der Waals surface area contributed by atoms with Gasteiger partial charge < -0.3 is 16.0 Å². The third kappa shape index (κ3) is 5.09. The first-order valence-electron chi connectivity index (χ1n) is 7.84. The van der Waals surface area contributed by atoms with Gasteiger partial charge in [-0.25, -0.2) is 0 Å². The highest BCUT2D eigenvalue weighted by Crippen LogP contribution is 2.24. The molecule has 6 nitrogen and oxygen atoms in total. The smallest absolute Gasteiger partial charge is 0.246 e. The first-order chi connectivity index (χ1) is 10.9. The van der Waals surface area contributed by atoms with Crippen LogP contribution in [0.5, 0.6) is 0 Å².